The fourth-order valence-electron chi connectivity index (χ4n) is 2.10. The standard InChI is InChI=1S/C15H13FN2O2/c16-13-4-2-1-3-10(13)7-11-8-17-18-15(11)14-6-5-12(9-19)20-14/h1-6,8,19H,7,9H2,(H,17,18). The third-order valence-corrected chi connectivity index (χ3v) is 3.12. The molecular formula is C15H13FN2O2. The largest absolute Gasteiger partial charge is 0.457 e. The summed E-state index contributed by atoms with van der Waals surface area (Å²) in [4.78, 5) is 0. The molecule has 102 valence electrons. The quantitative estimate of drug-likeness (QED) is 0.767. The molecule has 0 amide bonds. The van der Waals surface area contributed by atoms with Gasteiger partial charge in [0.1, 0.15) is 23.9 Å². The first-order chi connectivity index (χ1) is 9.78. The second-order valence-electron chi connectivity index (χ2n) is 4.46. The molecule has 1 aromatic carbocycles. The smallest absolute Gasteiger partial charge is 0.152 e. The summed E-state index contributed by atoms with van der Waals surface area (Å²) in [6.45, 7) is -0.156. The number of H-pyrrole nitrogens is 1. The summed E-state index contributed by atoms with van der Waals surface area (Å²) in [7, 11) is 0. The van der Waals surface area contributed by atoms with E-state index < -0.39 is 0 Å². The molecule has 0 unspecified atom stereocenters. The van der Waals surface area contributed by atoms with E-state index in [0.717, 1.165) is 5.56 Å². The number of aliphatic hydroxyl groups is 1. The number of rotatable bonds is 4. The molecule has 0 spiro atoms. The molecule has 0 atom stereocenters. The Hall–Kier alpha value is -2.40. The second kappa shape index (κ2) is 5.30. The van der Waals surface area contributed by atoms with E-state index >= 15 is 0 Å². The summed E-state index contributed by atoms with van der Waals surface area (Å²) < 4.78 is 19.2. The van der Waals surface area contributed by atoms with Gasteiger partial charge in [-0.1, -0.05) is 18.2 Å². The molecule has 2 N–H and O–H groups in total. The summed E-state index contributed by atoms with van der Waals surface area (Å²) in [6.07, 6.45) is 2.08. The van der Waals surface area contributed by atoms with Crippen LogP contribution in [0.1, 0.15) is 16.9 Å². The van der Waals surface area contributed by atoms with Gasteiger partial charge in [-0.05, 0) is 23.8 Å². The average Bonchev–Trinajstić information content (AvgIpc) is 3.09. The monoisotopic (exact) mass is 272 g/mol. The Morgan fingerprint density at radius 3 is 2.75 bits per heavy atom. The minimum Gasteiger partial charge on any atom is -0.457 e. The van der Waals surface area contributed by atoms with E-state index in [9.17, 15) is 4.39 Å². The number of halogens is 1. The number of aliphatic hydroxyl groups excluding tert-OH is 1. The van der Waals surface area contributed by atoms with E-state index in [4.69, 9.17) is 9.52 Å². The maximum atomic E-state index is 13.7. The van der Waals surface area contributed by atoms with E-state index in [1.807, 2.05) is 0 Å². The zero-order valence-electron chi connectivity index (χ0n) is 10.6. The van der Waals surface area contributed by atoms with Crippen molar-refractivity contribution in [3.8, 4) is 11.5 Å². The Morgan fingerprint density at radius 2 is 2.00 bits per heavy atom. The summed E-state index contributed by atoms with van der Waals surface area (Å²) in [5, 5.41) is 15.9. The van der Waals surface area contributed by atoms with Gasteiger partial charge in [0.2, 0.25) is 0 Å². The van der Waals surface area contributed by atoms with Crippen LogP contribution >= 0.6 is 0 Å². The first kappa shape index (κ1) is 12.6. The van der Waals surface area contributed by atoms with Crippen LogP contribution in [-0.4, -0.2) is 15.3 Å². The minimum absolute atomic E-state index is 0.156. The van der Waals surface area contributed by atoms with Gasteiger partial charge in [-0.2, -0.15) is 5.10 Å². The predicted octanol–water partition coefficient (Wildman–Crippen LogP) is 2.89. The van der Waals surface area contributed by atoms with Gasteiger partial charge in [-0.25, -0.2) is 4.39 Å². The number of furan rings is 1. The molecule has 0 saturated carbocycles. The first-order valence-corrected chi connectivity index (χ1v) is 6.23. The molecule has 4 nitrogen and oxygen atoms in total. The van der Waals surface area contributed by atoms with Crippen molar-refractivity contribution < 1.29 is 13.9 Å². The van der Waals surface area contributed by atoms with Gasteiger partial charge >= 0.3 is 0 Å². The lowest BCUT2D eigenvalue weighted by Gasteiger charge is -2.03. The van der Waals surface area contributed by atoms with Crippen LogP contribution in [0.15, 0.2) is 47.0 Å². The number of nitrogens with one attached hydrogen (secondary N) is 1. The van der Waals surface area contributed by atoms with Crippen molar-refractivity contribution in [2.45, 2.75) is 13.0 Å². The second-order valence-corrected chi connectivity index (χ2v) is 4.46. The number of aromatic amines is 1. The van der Waals surface area contributed by atoms with Crippen molar-refractivity contribution in [2.75, 3.05) is 0 Å². The van der Waals surface area contributed by atoms with Crippen molar-refractivity contribution in [3.63, 3.8) is 0 Å². The fourth-order valence-corrected chi connectivity index (χ4v) is 2.10. The van der Waals surface area contributed by atoms with Crippen LogP contribution in [0, 0.1) is 5.82 Å². The lowest BCUT2D eigenvalue weighted by Crippen LogP contribution is -1.92. The molecule has 3 rings (SSSR count). The van der Waals surface area contributed by atoms with Crippen molar-refractivity contribution in [2.24, 2.45) is 0 Å². The van der Waals surface area contributed by atoms with Gasteiger partial charge in [0.15, 0.2) is 5.76 Å². The van der Waals surface area contributed by atoms with Crippen LogP contribution < -0.4 is 0 Å². The highest BCUT2D eigenvalue weighted by Crippen LogP contribution is 2.26. The zero-order chi connectivity index (χ0) is 13.9. The molecule has 20 heavy (non-hydrogen) atoms. The molecule has 0 aliphatic carbocycles. The highest BCUT2D eigenvalue weighted by atomic mass is 19.1. The lowest BCUT2D eigenvalue weighted by molar-refractivity contribution is 0.248. The SMILES string of the molecule is OCc1ccc(-c2[nH]ncc2Cc2ccccc2F)o1. The Balaban J connectivity index is 1.92. The van der Waals surface area contributed by atoms with Gasteiger partial charge in [0.25, 0.3) is 0 Å². The molecule has 0 bridgehead atoms. The van der Waals surface area contributed by atoms with E-state index in [1.54, 1.807) is 36.5 Å². The fraction of sp³-hybridized carbons (Fsp3) is 0.133. The zero-order valence-corrected chi connectivity index (χ0v) is 10.6. The third kappa shape index (κ3) is 2.35. The van der Waals surface area contributed by atoms with Crippen LogP contribution in [0.3, 0.4) is 0 Å². The van der Waals surface area contributed by atoms with Gasteiger partial charge in [0.05, 0.1) is 6.20 Å². The van der Waals surface area contributed by atoms with Crippen LogP contribution in [0.25, 0.3) is 11.5 Å². The van der Waals surface area contributed by atoms with E-state index in [2.05, 4.69) is 10.2 Å². The predicted molar refractivity (Wildman–Crippen MR) is 71.4 cm³/mol. The molecule has 2 heterocycles. The number of nitrogens with zero attached hydrogens (tertiary/aromatic N) is 1. The average molecular weight is 272 g/mol. The van der Waals surface area contributed by atoms with Crippen molar-refractivity contribution in [1.82, 2.24) is 10.2 Å². The topological polar surface area (TPSA) is 62.0 Å². The Labute approximate surface area is 114 Å². The normalized spacial score (nSPS) is 10.9. The molecule has 5 heteroatoms. The van der Waals surface area contributed by atoms with Crippen LogP contribution in [-0.2, 0) is 13.0 Å². The van der Waals surface area contributed by atoms with Gasteiger partial charge in [0, 0.05) is 12.0 Å². The molecule has 3 aromatic rings. The summed E-state index contributed by atoms with van der Waals surface area (Å²) >= 11 is 0. The van der Waals surface area contributed by atoms with Gasteiger partial charge in [-0.3, -0.25) is 5.10 Å². The van der Waals surface area contributed by atoms with Crippen molar-refractivity contribution in [3.05, 3.63) is 65.3 Å². The van der Waals surface area contributed by atoms with Crippen LogP contribution in [0.4, 0.5) is 4.39 Å². The van der Waals surface area contributed by atoms with Gasteiger partial charge in [-0.15, -0.1) is 0 Å². The number of aromatic nitrogens is 2. The molecule has 0 aliphatic rings. The molecule has 0 fully saturated rings. The Kier molecular flexibility index (Phi) is 3.35. The first-order valence-electron chi connectivity index (χ1n) is 6.23. The number of hydrogen-bond donors (Lipinski definition) is 2. The highest BCUT2D eigenvalue weighted by Gasteiger charge is 2.13. The lowest BCUT2D eigenvalue weighted by atomic mass is 10.0. The van der Waals surface area contributed by atoms with Crippen LogP contribution in [0.2, 0.25) is 0 Å². The summed E-state index contributed by atoms with van der Waals surface area (Å²) in [6, 6.07) is 10.1. The molecule has 0 radical (unpaired) electrons. The minimum atomic E-state index is -0.241. The number of benzene rings is 1. The number of hydrogen-bond acceptors (Lipinski definition) is 3. The molecular weight excluding hydrogens is 259 g/mol. The van der Waals surface area contributed by atoms with Crippen molar-refractivity contribution in [1.29, 1.82) is 0 Å². The molecule has 0 aliphatic heterocycles. The highest BCUT2D eigenvalue weighted by molar-refractivity contribution is 5.57. The maximum Gasteiger partial charge on any atom is 0.152 e. The Morgan fingerprint density at radius 1 is 1.15 bits per heavy atom. The van der Waals surface area contributed by atoms with E-state index in [0.29, 0.717) is 29.2 Å². The maximum absolute atomic E-state index is 13.7. The van der Waals surface area contributed by atoms with Crippen molar-refractivity contribution >= 4 is 0 Å². The molecule has 2 aromatic heterocycles. The Bertz CT molecular complexity index is 718. The summed E-state index contributed by atoms with van der Waals surface area (Å²) in [5.41, 5.74) is 2.14. The van der Waals surface area contributed by atoms with Crippen LogP contribution in [0.5, 0.6) is 0 Å². The van der Waals surface area contributed by atoms with E-state index in [1.165, 1.54) is 6.07 Å². The third-order valence-electron chi connectivity index (χ3n) is 3.12. The summed E-state index contributed by atoms with van der Waals surface area (Å²) in [5.74, 6) is 0.819. The van der Waals surface area contributed by atoms with E-state index in [-0.39, 0.29) is 12.4 Å². The van der Waals surface area contributed by atoms with Gasteiger partial charge < -0.3 is 9.52 Å². The molecule has 0 saturated heterocycles.